The SMILES string of the molecule is CCC(N)C(OCC1CCCCC1)c1ccc(F)cc1. The van der Waals surface area contributed by atoms with Crippen molar-refractivity contribution in [2.75, 3.05) is 6.61 Å². The third-order valence-corrected chi connectivity index (χ3v) is 4.30. The Morgan fingerprint density at radius 1 is 1.20 bits per heavy atom. The molecule has 0 spiro atoms. The molecule has 2 unspecified atom stereocenters. The molecule has 112 valence electrons. The van der Waals surface area contributed by atoms with Crippen molar-refractivity contribution >= 4 is 0 Å². The van der Waals surface area contributed by atoms with Gasteiger partial charge in [-0.25, -0.2) is 4.39 Å². The summed E-state index contributed by atoms with van der Waals surface area (Å²) in [4.78, 5) is 0. The van der Waals surface area contributed by atoms with E-state index in [1.807, 2.05) is 0 Å². The predicted molar refractivity (Wildman–Crippen MR) is 79.9 cm³/mol. The maximum absolute atomic E-state index is 13.0. The highest BCUT2D eigenvalue weighted by molar-refractivity contribution is 5.20. The monoisotopic (exact) mass is 279 g/mol. The van der Waals surface area contributed by atoms with Crippen molar-refractivity contribution in [2.24, 2.45) is 11.7 Å². The van der Waals surface area contributed by atoms with Gasteiger partial charge >= 0.3 is 0 Å². The number of halogens is 1. The summed E-state index contributed by atoms with van der Waals surface area (Å²) in [6.45, 7) is 2.83. The van der Waals surface area contributed by atoms with Crippen molar-refractivity contribution < 1.29 is 9.13 Å². The van der Waals surface area contributed by atoms with E-state index in [0.717, 1.165) is 18.6 Å². The van der Waals surface area contributed by atoms with Gasteiger partial charge in [0.15, 0.2) is 0 Å². The number of nitrogens with two attached hydrogens (primary N) is 1. The van der Waals surface area contributed by atoms with Crippen molar-refractivity contribution in [3.63, 3.8) is 0 Å². The summed E-state index contributed by atoms with van der Waals surface area (Å²) in [6, 6.07) is 6.50. The lowest BCUT2D eigenvalue weighted by Gasteiger charge is -2.28. The first-order valence-corrected chi connectivity index (χ1v) is 7.83. The molecule has 20 heavy (non-hydrogen) atoms. The van der Waals surface area contributed by atoms with Gasteiger partial charge in [0, 0.05) is 6.04 Å². The molecule has 0 bridgehead atoms. The number of hydrogen-bond donors (Lipinski definition) is 1. The van der Waals surface area contributed by atoms with Crippen molar-refractivity contribution in [3.8, 4) is 0 Å². The van der Waals surface area contributed by atoms with Crippen molar-refractivity contribution in [3.05, 3.63) is 35.6 Å². The summed E-state index contributed by atoms with van der Waals surface area (Å²) in [5.74, 6) is 0.445. The summed E-state index contributed by atoms with van der Waals surface area (Å²) < 4.78 is 19.2. The summed E-state index contributed by atoms with van der Waals surface area (Å²) in [5, 5.41) is 0. The Bertz CT molecular complexity index is 386. The van der Waals surface area contributed by atoms with Gasteiger partial charge in [0.1, 0.15) is 5.82 Å². The highest BCUT2D eigenvalue weighted by Gasteiger charge is 2.22. The van der Waals surface area contributed by atoms with E-state index in [9.17, 15) is 4.39 Å². The normalized spacial score (nSPS) is 19.8. The Labute approximate surface area is 121 Å². The second kappa shape index (κ2) is 7.75. The van der Waals surface area contributed by atoms with E-state index in [1.165, 1.54) is 44.2 Å². The van der Waals surface area contributed by atoms with Crippen LogP contribution in [0.2, 0.25) is 0 Å². The molecule has 2 rings (SSSR count). The quantitative estimate of drug-likeness (QED) is 0.847. The van der Waals surface area contributed by atoms with Gasteiger partial charge in [-0.05, 0) is 42.9 Å². The number of hydrogen-bond acceptors (Lipinski definition) is 2. The zero-order chi connectivity index (χ0) is 14.4. The smallest absolute Gasteiger partial charge is 0.123 e. The second-order valence-corrected chi connectivity index (χ2v) is 5.88. The summed E-state index contributed by atoms with van der Waals surface area (Å²) in [5.41, 5.74) is 7.17. The molecule has 1 saturated carbocycles. The molecule has 3 heteroatoms. The van der Waals surface area contributed by atoms with Crippen LogP contribution in [0.25, 0.3) is 0 Å². The van der Waals surface area contributed by atoms with E-state index < -0.39 is 0 Å². The van der Waals surface area contributed by atoms with Crippen LogP contribution in [-0.2, 0) is 4.74 Å². The van der Waals surface area contributed by atoms with Gasteiger partial charge in [0.05, 0.1) is 12.7 Å². The number of rotatable bonds is 6. The lowest BCUT2D eigenvalue weighted by Crippen LogP contribution is -2.31. The van der Waals surface area contributed by atoms with Gasteiger partial charge in [-0.2, -0.15) is 0 Å². The van der Waals surface area contributed by atoms with Gasteiger partial charge in [-0.1, -0.05) is 38.3 Å². The topological polar surface area (TPSA) is 35.2 Å². The fourth-order valence-corrected chi connectivity index (χ4v) is 2.93. The highest BCUT2D eigenvalue weighted by Crippen LogP contribution is 2.28. The van der Waals surface area contributed by atoms with Crippen LogP contribution in [0.1, 0.15) is 57.1 Å². The van der Waals surface area contributed by atoms with E-state index >= 15 is 0 Å². The van der Waals surface area contributed by atoms with Gasteiger partial charge < -0.3 is 10.5 Å². The Balaban J connectivity index is 1.97. The van der Waals surface area contributed by atoms with Gasteiger partial charge in [0.25, 0.3) is 0 Å². The first kappa shape index (κ1) is 15.5. The zero-order valence-corrected chi connectivity index (χ0v) is 12.4. The van der Waals surface area contributed by atoms with Crippen LogP contribution >= 0.6 is 0 Å². The average molecular weight is 279 g/mol. The fourth-order valence-electron chi connectivity index (χ4n) is 2.93. The van der Waals surface area contributed by atoms with E-state index in [2.05, 4.69) is 6.92 Å². The van der Waals surface area contributed by atoms with Gasteiger partial charge in [-0.15, -0.1) is 0 Å². The van der Waals surface area contributed by atoms with Crippen LogP contribution in [0, 0.1) is 11.7 Å². The van der Waals surface area contributed by atoms with Gasteiger partial charge in [0.2, 0.25) is 0 Å². The third-order valence-electron chi connectivity index (χ3n) is 4.30. The molecule has 2 atom stereocenters. The lowest BCUT2D eigenvalue weighted by molar-refractivity contribution is 0.00437. The Hall–Kier alpha value is -0.930. The summed E-state index contributed by atoms with van der Waals surface area (Å²) in [7, 11) is 0. The van der Waals surface area contributed by atoms with Crippen LogP contribution in [0.3, 0.4) is 0 Å². The standard InChI is InChI=1S/C17H26FNO/c1-2-16(19)17(14-8-10-15(18)11-9-14)20-12-13-6-4-3-5-7-13/h8-11,13,16-17H,2-7,12,19H2,1H3. The molecular formula is C17H26FNO. The molecule has 1 aliphatic rings. The lowest BCUT2D eigenvalue weighted by atomic mass is 9.90. The molecule has 0 heterocycles. The molecule has 2 N–H and O–H groups in total. The molecule has 2 nitrogen and oxygen atoms in total. The first-order valence-electron chi connectivity index (χ1n) is 7.83. The van der Waals surface area contributed by atoms with E-state index in [0.29, 0.717) is 5.92 Å². The zero-order valence-electron chi connectivity index (χ0n) is 12.4. The molecule has 1 aliphatic carbocycles. The van der Waals surface area contributed by atoms with Crippen molar-refractivity contribution in [1.82, 2.24) is 0 Å². The molecule has 1 fully saturated rings. The predicted octanol–water partition coefficient (Wildman–Crippen LogP) is 4.20. The molecule has 0 saturated heterocycles. The summed E-state index contributed by atoms with van der Waals surface area (Å²) >= 11 is 0. The van der Waals surface area contributed by atoms with Crippen LogP contribution in [-0.4, -0.2) is 12.6 Å². The van der Waals surface area contributed by atoms with Crippen molar-refractivity contribution in [1.29, 1.82) is 0 Å². The molecule has 0 aliphatic heterocycles. The minimum atomic E-state index is -0.218. The van der Waals surface area contributed by atoms with Crippen LogP contribution in [0.5, 0.6) is 0 Å². The van der Waals surface area contributed by atoms with Crippen LogP contribution in [0.4, 0.5) is 4.39 Å². The average Bonchev–Trinajstić information content (AvgIpc) is 2.50. The molecule has 1 aromatic rings. The summed E-state index contributed by atoms with van der Waals surface area (Å²) in [6.07, 6.45) is 7.24. The van der Waals surface area contributed by atoms with Crippen molar-refractivity contribution in [2.45, 2.75) is 57.6 Å². The van der Waals surface area contributed by atoms with E-state index in [4.69, 9.17) is 10.5 Å². The molecule has 1 aromatic carbocycles. The number of ether oxygens (including phenoxy) is 1. The number of benzene rings is 1. The third kappa shape index (κ3) is 4.29. The fraction of sp³-hybridized carbons (Fsp3) is 0.647. The largest absolute Gasteiger partial charge is 0.372 e. The van der Waals surface area contributed by atoms with Gasteiger partial charge in [-0.3, -0.25) is 0 Å². The second-order valence-electron chi connectivity index (χ2n) is 5.88. The maximum Gasteiger partial charge on any atom is 0.123 e. The molecular weight excluding hydrogens is 253 g/mol. The highest BCUT2D eigenvalue weighted by atomic mass is 19.1. The maximum atomic E-state index is 13.0. The molecule has 0 aromatic heterocycles. The Morgan fingerprint density at radius 2 is 1.85 bits per heavy atom. The minimum absolute atomic E-state index is 0.0379. The van der Waals surface area contributed by atoms with E-state index in [1.54, 1.807) is 12.1 Å². The Kier molecular flexibility index (Phi) is 5.99. The Morgan fingerprint density at radius 3 is 2.45 bits per heavy atom. The van der Waals surface area contributed by atoms with E-state index in [-0.39, 0.29) is 18.0 Å². The molecule has 0 radical (unpaired) electrons. The van der Waals surface area contributed by atoms with Crippen LogP contribution < -0.4 is 5.73 Å². The first-order chi connectivity index (χ1) is 9.70. The van der Waals surface area contributed by atoms with Crippen LogP contribution in [0.15, 0.2) is 24.3 Å². The minimum Gasteiger partial charge on any atom is -0.372 e. The molecule has 0 amide bonds.